The summed E-state index contributed by atoms with van der Waals surface area (Å²) in [7, 11) is 0. The van der Waals surface area contributed by atoms with E-state index in [-0.39, 0.29) is 24.0 Å². The molecule has 6 heteroatoms. The van der Waals surface area contributed by atoms with Gasteiger partial charge in [0.1, 0.15) is 5.69 Å². The van der Waals surface area contributed by atoms with E-state index in [1.165, 1.54) is 12.3 Å². The van der Waals surface area contributed by atoms with E-state index >= 15 is 0 Å². The highest BCUT2D eigenvalue weighted by molar-refractivity contribution is 6.00. The van der Waals surface area contributed by atoms with Crippen LogP contribution in [0.2, 0.25) is 0 Å². The van der Waals surface area contributed by atoms with Crippen LogP contribution in [0.5, 0.6) is 0 Å². The van der Waals surface area contributed by atoms with Crippen LogP contribution in [0.1, 0.15) is 33.7 Å². The minimum atomic E-state index is -0.636. The Bertz CT molecular complexity index is 756. The number of carbonyl (C=O) groups is 3. The molecule has 3 rings (SSSR count). The number of carbonyl (C=O) groups excluding carboxylic acids is 3. The Morgan fingerprint density at radius 1 is 1.12 bits per heavy atom. The first kappa shape index (κ1) is 15.9. The molecule has 0 unspecified atom stereocenters. The number of benzene rings is 1. The Labute approximate surface area is 139 Å². The van der Waals surface area contributed by atoms with Gasteiger partial charge in [-0.15, -0.1) is 0 Å². The Morgan fingerprint density at radius 3 is 2.54 bits per heavy atom. The van der Waals surface area contributed by atoms with E-state index in [1.54, 1.807) is 41.3 Å². The van der Waals surface area contributed by atoms with Crippen molar-refractivity contribution in [3.8, 4) is 0 Å². The van der Waals surface area contributed by atoms with Crippen LogP contribution in [0.25, 0.3) is 0 Å². The summed E-state index contributed by atoms with van der Waals surface area (Å²) in [5.74, 6) is -0.847. The molecule has 1 aliphatic rings. The van der Waals surface area contributed by atoms with Crippen molar-refractivity contribution in [3.05, 3.63) is 59.9 Å². The molecule has 0 N–H and O–H groups in total. The molecule has 2 heterocycles. The third kappa shape index (κ3) is 3.48. The molecule has 6 nitrogen and oxygen atoms in total. The molecule has 0 spiro atoms. The summed E-state index contributed by atoms with van der Waals surface area (Å²) < 4.78 is 4.98. The van der Waals surface area contributed by atoms with E-state index in [9.17, 15) is 14.4 Å². The number of ketones is 1. The van der Waals surface area contributed by atoms with E-state index in [0.717, 1.165) is 12.1 Å². The number of aromatic nitrogens is 1. The first-order valence-corrected chi connectivity index (χ1v) is 7.67. The summed E-state index contributed by atoms with van der Waals surface area (Å²) in [6, 6.07) is 11.6. The molecule has 0 atom stereocenters. The predicted molar refractivity (Wildman–Crippen MR) is 86.9 cm³/mol. The maximum atomic E-state index is 12.1. The van der Waals surface area contributed by atoms with Gasteiger partial charge in [0.2, 0.25) is 5.91 Å². The smallest absolute Gasteiger partial charge is 0.357 e. The summed E-state index contributed by atoms with van der Waals surface area (Å²) in [6.07, 6.45) is 2.89. The van der Waals surface area contributed by atoms with E-state index in [1.807, 2.05) is 0 Å². The average Bonchev–Trinajstić information content (AvgIpc) is 3.06. The normalized spacial score (nSPS) is 13.8. The molecule has 0 saturated carbocycles. The number of hydrogen-bond acceptors (Lipinski definition) is 5. The molecule has 0 bridgehead atoms. The molecular formula is C18H16N2O4. The van der Waals surface area contributed by atoms with Crippen molar-refractivity contribution in [3.63, 3.8) is 0 Å². The van der Waals surface area contributed by atoms with Crippen molar-refractivity contribution in [2.45, 2.75) is 12.8 Å². The molecule has 122 valence electrons. The molecule has 1 aromatic heterocycles. The molecule has 1 saturated heterocycles. The van der Waals surface area contributed by atoms with Crippen molar-refractivity contribution in [1.29, 1.82) is 0 Å². The van der Waals surface area contributed by atoms with Crippen LogP contribution < -0.4 is 4.90 Å². The van der Waals surface area contributed by atoms with Gasteiger partial charge in [-0.25, -0.2) is 9.78 Å². The lowest BCUT2D eigenvalue weighted by Gasteiger charge is -2.15. The van der Waals surface area contributed by atoms with Crippen molar-refractivity contribution in [2.24, 2.45) is 0 Å². The SMILES string of the molecule is O=C(COC(=O)c1ccccn1)c1ccc(N2CCCC2=O)cc1. The number of anilines is 1. The lowest BCUT2D eigenvalue weighted by atomic mass is 10.1. The Balaban J connectivity index is 1.59. The highest BCUT2D eigenvalue weighted by Gasteiger charge is 2.21. The summed E-state index contributed by atoms with van der Waals surface area (Å²) in [5, 5.41) is 0. The lowest BCUT2D eigenvalue weighted by Crippen LogP contribution is -2.23. The van der Waals surface area contributed by atoms with Crippen molar-refractivity contribution in [2.75, 3.05) is 18.1 Å². The number of pyridine rings is 1. The maximum absolute atomic E-state index is 12.1. The van der Waals surface area contributed by atoms with Gasteiger partial charge in [0, 0.05) is 30.4 Å². The first-order valence-electron chi connectivity index (χ1n) is 7.67. The van der Waals surface area contributed by atoms with E-state index in [2.05, 4.69) is 4.98 Å². The summed E-state index contributed by atoms with van der Waals surface area (Å²) in [4.78, 5) is 41.1. The Hall–Kier alpha value is -3.02. The molecule has 0 radical (unpaired) electrons. The number of Topliss-reactive ketones (excluding diaryl/α,β-unsaturated/α-hetero) is 1. The van der Waals surface area contributed by atoms with Gasteiger partial charge >= 0.3 is 5.97 Å². The minimum Gasteiger partial charge on any atom is -0.453 e. The molecule has 0 aliphatic carbocycles. The molecular weight excluding hydrogens is 308 g/mol. The second-order valence-corrected chi connectivity index (χ2v) is 5.41. The zero-order chi connectivity index (χ0) is 16.9. The van der Waals surface area contributed by atoms with Crippen molar-refractivity contribution >= 4 is 23.3 Å². The third-order valence-corrected chi connectivity index (χ3v) is 3.78. The first-order chi connectivity index (χ1) is 11.6. The van der Waals surface area contributed by atoms with Crippen LogP contribution in [0.15, 0.2) is 48.7 Å². The summed E-state index contributed by atoms with van der Waals surface area (Å²) in [6.45, 7) is 0.352. The van der Waals surface area contributed by atoms with Crippen LogP contribution in [-0.2, 0) is 9.53 Å². The number of amides is 1. The number of ether oxygens (including phenoxy) is 1. The minimum absolute atomic E-state index is 0.0957. The predicted octanol–water partition coefficient (Wildman–Crippen LogP) is 2.25. The zero-order valence-corrected chi connectivity index (χ0v) is 13.0. The molecule has 2 aromatic rings. The standard InChI is InChI=1S/C18H16N2O4/c21-16(12-24-18(23)15-4-1-2-10-19-15)13-6-8-14(9-7-13)20-11-3-5-17(20)22/h1-2,4,6-10H,3,5,11-12H2. The van der Waals surface area contributed by atoms with Gasteiger partial charge in [0.05, 0.1) is 0 Å². The number of esters is 1. The Kier molecular flexibility index (Phi) is 4.65. The fourth-order valence-electron chi connectivity index (χ4n) is 2.52. The maximum Gasteiger partial charge on any atom is 0.357 e. The van der Waals surface area contributed by atoms with Gasteiger partial charge < -0.3 is 9.64 Å². The van der Waals surface area contributed by atoms with Gasteiger partial charge in [-0.2, -0.15) is 0 Å². The van der Waals surface area contributed by atoms with Crippen LogP contribution in [0.4, 0.5) is 5.69 Å². The molecule has 24 heavy (non-hydrogen) atoms. The number of nitrogens with zero attached hydrogens (tertiary/aromatic N) is 2. The van der Waals surface area contributed by atoms with E-state index in [4.69, 9.17) is 4.74 Å². The van der Waals surface area contributed by atoms with Gasteiger partial charge in [-0.05, 0) is 42.8 Å². The number of hydrogen-bond donors (Lipinski definition) is 0. The highest BCUT2D eigenvalue weighted by Crippen LogP contribution is 2.21. The summed E-state index contributed by atoms with van der Waals surface area (Å²) in [5.41, 5.74) is 1.37. The van der Waals surface area contributed by atoms with Crippen LogP contribution in [0, 0.1) is 0 Å². The average molecular weight is 324 g/mol. The highest BCUT2D eigenvalue weighted by atomic mass is 16.5. The molecule has 1 amide bonds. The fourth-order valence-corrected chi connectivity index (χ4v) is 2.52. The lowest BCUT2D eigenvalue weighted by molar-refractivity contribution is -0.117. The van der Waals surface area contributed by atoms with Gasteiger partial charge in [-0.3, -0.25) is 9.59 Å². The quantitative estimate of drug-likeness (QED) is 0.623. The monoisotopic (exact) mass is 324 g/mol. The van der Waals surface area contributed by atoms with Crippen LogP contribution in [-0.4, -0.2) is 35.8 Å². The largest absolute Gasteiger partial charge is 0.453 e. The van der Waals surface area contributed by atoms with E-state index in [0.29, 0.717) is 18.5 Å². The number of rotatable bonds is 5. The second-order valence-electron chi connectivity index (χ2n) is 5.41. The topological polar surface area (TPSA) is 76.6 Å². The van der Waals surface area contributed by atoms with Gasteiger partial charge in [-0.1, -0.05) is 6.07 Å². The van der Waals surface area contributed by atoms with Crippen molar-refractivity contribution in [1.82, 2.24) is 4.98 Å². The Morgan fingerprint density at radius 2 is 1.92 bits per heavy atom. The van der Waals surface area contributed by atoms with Crippen LogP contribution >= 0.6 is 0 Å². The zero-order valence-electron chi connectivity index (χ0n) is 13.0. The fraction of sp³-hybridized carbons (Fsp3) is 0.222. The van der Waals surface area contributed by atoms with Crippen LogP contribution in [0.3, 0.4) is 0 Å². The molecule has 1 fully saturated rings. The molecule has 1 aromatic carbocycles. The van der Waals surface area contributed by atoms with Crippen molar-refractivity contribution < 1.29 is 19.1 Å². The van der Waals surface area contributed by atoms with Gasteiger partial charge in [0.15, 0.2) is 12.4 Å². The molecule has 1 aliphatic heterocycles. The second kappa shape index (κ2) is 7.04. The summed E-state index contributed by atoms with van der Waals surface area (Å²) >= 11 is 0. The van der Waals surface area contributed by atoms with E-state index < -0.39 is 5.97 Å². The van der Waals surface area contributed by atoms with Gasteiger partial charge in [0.25, 0.3) is 0 Å². The third-order valence-electron chi connectivity index (χ3n) is 3.78.